The highest BCUT2D eigenvalue weighted by atomic mass is 16.2. The molecule has 1 heterocycles. The fourth-order valence-corrected chi connectivity index (χ4v) is 4.85. The lowest BCUT2D eigenvalue weighted by molar-refractivity contribution is -0.125. The van der Waals surface area contributed by atoms with E-state index in [1.54, 1.807) is 0 Å². The van der Waals surface area contributed by atoms with Gasteiger partial charge in [-0.3, -0.25) is 4.79 Å². The highest BCUT2D eigenvalue weighted by Gasteiger charge is 2.57. The molecule has 2 saturated carbocycles. The van der Waals surface area contributed by atoms with Crippen molar-refractivity contribution < 1.29 is 4.79 Å². The Kier molecular flexibility index (Phi) is 5.06. The number of amides is 1. The third-order valence-electron chi connectivity index (χ3n) is 6.76. The molecule has 0 radical (unpaired) electrons. The summed E-state index contributed by atoms with van der Waals surface area (Å²) < 4.78 is 0. The van der Waals surface area contributed by atoms with E-state index in [-0.39, 0.29) is 5.41 Å². The zero-order valence-corrected chi connectivity index (χ0v) is 15.4. The van der Waals surface area contributed by atoms with Crippen molar-refractivity contribution in [1.29, 1.82) is 0 Å². The third-order valence-corrected chi connectivity index (χ3v) is 6.76. The molecular formula is C20H36N2O. The minimum absolute atomic E-state index is 0.156. The second-order valence-electron chi connectivity index (χ2n) is 9.54. The summed E-state index contributed by atoms with van der Waals surface area (Å²) in [6.45, 7) is 9.04. The Morgan fingerprint density at radius 2 is 1.83 bits per heavy atom. The number of nitrogens with one attached hydrogen (secondary N) is 2. The molecule has 3 rings (SSSR count). The molecule has 2 aliphatic carbocycles. The van der Waals surface area contributed by atoms with Crippen LogP contribution in [0.3, 0.4) is 0 Å². The van der Waals surface area contributed by atoms with Gasteiger partial charge in [-0.25, -0.2) is 0 Å². The second kappa shape index (κ2) is 6.74. The van der Waals surface area contributed by atoms with Crippen LogP contribution >= 0.6 is 0 Å². The molecule has 3 heteroatoms. The summed E-state index contributed by atoms with van der Waals surface area (Å²) in [5.41, 5.74) is 0.506. The Labute approximate surface area is 142 Å². The molecule has 1 aliphatic heterocycles. The molecule has 3 nitrogen and oxygen atoms in total. The average Bonchev–Trinajstić information content (AvgIpc) is 3.21. The van der Waals surface area contributed by atoms with Crippen LogP contribution < -0.4 is 10.6 Å². The van der Waals surface area contributed by atoms with Crippen LogP contribution in [0.1, 0.15) is 78.6 Å². The number of carbonyl (C=O) groups excluding carboxylic acids is 1. The topological polar surface area (TPSA) is 41.1 Å². The van der Waals surface area contributed by atoms with E-state index in [0.717, 1.165) is 25.4 Å². The molecule has 1 saturated heterocycles. The van der Waals surface area contributed by atoms with Crippen LogP contribution in [0.2, 0.25) is 0 Å². The summed E-state index contributed by atoms with van der Waals surface area (Å²) in [6, 6.07) is 0.331. The van der Waals surface area contributed by atoms with Crippen molar-refractivity contribution in [2.45, 2.75) is 84.6 Å². The predicted octanol–water partition coefficient (Wildman–Crippen LogP) is 3.88. The lowest BCUT2D eigenvalue weighted by Crippen LogP contribution is -2.46. The van der Waals surface area contributed by atoms with Gasteiger partial charge < -0.3 is 10.6 Å². The molecule has 3 fully saturated rings. The van der Waals surface area contributed by atoms with Crippen molar-refractivity contribution in [3.8, 4) is 0 Å². The summed E-state index contributed by atoms with van der Waals surface area (Å²) >= 11 is 0. The van der Waals surface area contributed by atoms with Crippen LogP contribution in [-0.4, -0.2) is 25.0 Å². The predicted molar refractivity (Wildman–Crippen MR) is 95.2 cm³/mol. The molecule has 0 aromatic carbocycles. The lowest BCUT2D eigenvalue weighted by Gasteiger charge is -2.36. The Balaban J connectivity index is 1.56. The van der Waals surface area contributed by atoms with Crippen molar-refractivity contribution in [2.75, 3.05) is 13.1 Å². The minimum Gasteiger partial charge on any atom is -0.353 e. The molecule has 0 bridgehead atoms. The molecule has 0 aromatic heterocycles. The Morgan fingerprint density at radius 1 is 1.17 bits per heavy atom. The summed E-state index contributed by atoms with van der Waals surface area (Å²) in [6.07, 6.45) is 11.6. The van der Waals surface area contributed by atoms with Crippen molar-refractivity contribution in [1.82, 2.24) is 10.6 Å². The van der Waals surface area contributed by atoms with E-state index in [1.165, 1.54) is 51.4 Å². The van der Waals surface area contributed by atoms with Crippen LogP contribution in [0, 0.1) is 22.7 Å². The fraction of sp³-hybridized carbons (Fsp3) is 0.950. The highest BCUT2D eigenvalue weighted by molar-refractivity contribution is 5.83. The Hall–Kier alpha value is -0.570. The monoisotopic (exact) mass is 320 g/mol. The summed E-state index contributed by atoms with van der Waals surface area (Å²) in [5, 5.41) is 6.91. The Bertz CT molecular complexity index is 414. The van der Waals surface area contributed by atoms with Gasteiger partial charge in [0.2, 0.25) is 5.91 Å². The summed E-state index contributed by atoms with van der Waals surface area (Å²) in [4.78, 5) is 12.8. The molecule has 1 amide bonds. The van der Waals surface area contributed by atoms with Gasteiger partial charge in [-0.05, 0) is 55.5 Å². The first kappa shape index (κ1) is 17.3. The zero-order valence-electron chi connectivity index (χ0n) is 15.4. The standard InChI is InChI=1S/C20H36N2O/c1-19(2,3)17(13-15-7-5-4-6-8-15)22-18(23)16-14-20(16)9-11-21-12-10-20/h15-17,21H,4-14H2,1-3H3,(H,22,23). The zero-order chi connectivity index (χ0) is 16.5. The second-order valence-corrected chi connectivity index (χ2v) is 9.54. The van der Waals surface area contributed by atoms with E-state index in [9.17, 15) is 4.79 Å². The van der Waals surface area contributed by atoms with E-state index < -0.39 is 0 Å². The van der Waals surface area contributed by atoms with Crippen molar-refractivity contribution in [3.05, 3.63) is 0 Å². The van der Waals surface area contributed by atoms with Gasteiger partial charge in [-0.15, -0.1) is 0 Å². The molecule has 1 spiro atoms. The van der Waals surface area contributed by atoms with E-state index in [1.807, 2.05) is 0 Å². The van der Waals surface area contributed by atoms with E-state index in [4.69, 9.17) is 0 Å². The van der Waals surface area contributed by atoms with Gasteiger partial charge in [-0.1, -0.05) is 52.9 Å². The van der Waals surface area contributed by atoms with Crippen LogP contribution in [0.25, 0.3) is 0 Å². The van der Waals surface area contributed by atoms with Crippen molar-refractivity contribution >= 4 is 5.91 Å². The molecular weight excluding hydrogens is 284 g/mol. The van der Waals surface area contributed by atoms with E-state index >= 15 is 0 Å². The van der Waals surface area contributed by atoms with Crippen molar-refractivity contribution in [3.63, 3.8) is 0 Å². The molecule has 0 aromatic rings. The smallest absolute Gasteiger partial charge is 0.223 e. The van der Waals surface area contributed by atoms with Gasteiger partial charge in [0.15, 0.2) is 0 Å². The van der Waals surface area contributed by atoms with Gasteiger partial charge in [0.25, 0.3) is 0 Å². The van der Waals surface area contributed by atoms with Gasteiger partial charge >= 0.3 is 0 Å². The quantitative estimate of drug-likeness (QED) is 0.825. The number of hydrogen-bond acceptors (Lipinski definition) is 2. The van der Waals surface area contributed by atoms with Gasteiger partial charge in [0, 0.05) is 12.0 Å². The first-order valence-electron chi connectivity index (χ1n) is 9.92. The molecule has 3 aliphatic rings. The molecule has 2 unspecified atom stereocenters. The van der Waals surface area contributed by atoms with Gasteiger partial charge in [0.05, 0.1) is 0 Å². The van der Waals surface area contributed by atoms with E-state index in [2.05, 4.69) is 31.4 Å². The van der Waals surface area contributed by atoms with Crippen LogP contribution in [0.5, 0.6) is 0 Å². The highest BCUT2D eigenvalue weighted by Crippen LogP contribution is 2.58. The summed E-state index contributed by atoms with van der Waals surface area (Å²) in [5.74, 6) is 1.46. The molecule has 2 N–H and O–H groups in total. The SMILES string of the molecule is CC(C)(C)C(CC1CCCCC1)NC(=O)C1CC12CCNCC2. The number of rotatable bonds is 4. The summed E-state index contributed by atoms with van der Waals surface area (Å²) in [7, 11) is 0. The Morgan fingerprint density at radius 3 is 2.43 bits per heavy atom. The fourth-order valence-electron chi connectivity index (χ4n) is 4.85. The van der Waals surface area contributed by atoms with Crippen LogP contribution in [0.15, 0.2) is 0 Å². The lowest BCUT2D eigenvalue weighted by atomic mass is 9.77. The van der Waals surface area contributed by atoms with Gasteiger partial charge in [-0.2, -0.15) is 0 Å². The van der Waals surface area contributed by atoms with Gasteiger partial charge in [0.1, 0.15) is 0 Å². The maximum Gasteiger partial charge on any atom is 0.223 e. The van der Waals surface area contributed by atoms with Crippen molar-refractivity contribution in [2.24, 2.45) is 22.7 Å². The number of hydrogen-bond donors (Lipinski definition) is 2. The molecule has 132 valence electrons. The maximum absolute atomic E-state index is 12.8. The third kappa shape index (κ3) is 4.10. The maximum atomic E-state index is 12.8. The van der Waals surface area contributed by atoms with Crippen LogP contribution in [-0.2, 0) is 4.79 Å². The van der Waals surface area contributed by atoms with E-state index in [0.29, 0.717) is 23.3 Å². The first-order chi connectivity index (χ1) is 10.9. The average molecular weight is 321 g/mol. The first-order valence-corrected chi connectivity index (χ1v) is 9.92. The number of carbonyl (C=O) groups is 1. The molecule has 23 heavy (non-hydrogen) atoms. The normalized spacial score (nSPS) is 29.3. The largest absolute Gasteiger partial charge is 0.353 e. The number of piperidine rings is 1. The minimum atomic E-state index is 0.156. The van der Waals surface area contributed by atoms with Crippen LogP contribution in [0.4, 0.5) is 0 Å². The molecule has 2 atom stereocenters.